The lowest BCUT2D eigenvalue weighted by Crippen LogP contribution is -2.56. The standard InChI is InChI=1S/C24H41NO4/c1-9-25(22(27)23(6,7)8)14-16(3)19-11-10-17(4)24(28)13-21(29-18(5)26)15(2)12-20(19)24/h12,16-17,19-21,28H,9-11,13-14H2,1-8H3/t16?,17-,19+,20-,21-,24-/m1/s1. The van der Waals surface area contributed by atoms with Crippen LogP contribution >= 0.6 is 0 Å². The number of hydrogen-bond acceptors (Lipinski definition) is 4. The summed E-state index contributed by atoms with van der Waals surface area (Å²) >= 11 is 0. The van der Waals surface area contributed by atoms with Crippen molar-refractivity contribution in [2.24, 2.45) is 29.1 Å². The predicted octanol–water partition coefficient (Wildman–Crippen LogP) is 4.19. The number of rotatable bonds is 5. The first-order valence-electron chi connectivity index (χ1n) is 11.2. The van der Waals surface area contributed by atoms with E-state index in [4.69, 9.17) is 4.74 Å². The Kier molecular flexibility index (Phi) is 7.25. The van der Waals surface area contributed by atoms with E-state index in [1.54, 1.807) is 0 Å². The van der Waals surface area contributed by atoms with Crippen molar-refractivity contribution in [3.05, 3.63) is 11.6 Å². The highest BCUT2D eigenvalue weighted by molar-refractivity contribution is 5.81. The highest BCUT2D eigenvalue weighted by Crippen LogP contribution is 2.51. The molecule has 166 valence electrons. The number of fused-ring (bicyclic) bond motifs is 1. The van der Waals surface area contributed by atoms with Gasteiger partial charge in [-0.25, -0.2) is 0 Å². The van der Waals surface area contributed by atoms with Gasteiger partial charge in [-0.15, -0.1) is 0 Å². The van der Waals surface area contributed by atoms with Crippen LogP contribution in [0.15, 0.2) is 11.6 Å². The summed E-state index contributed by atoms with van der Waals surface area (Å²) in [7, 11) is 0. The van der Waals surface area contributed by atoms with Crippen LogP contribution in [0.5, 0.6) is 0 Å². The molecule has 0 saturated heterocycles. The van der Waals surface area contributed by atoms with E-state index in [-0.39, 0.29) is 35.7 Å². The summed E-state index contributed by atoms with van der Waals surface area (Å²) in [4.78, 5) is 26.3. The van der Waals surface area contributed by atoms with E-state index in [1.807, 2.05) is 39.5 Å². The lowest BCUT2D eigenvalue weighted by molar-refractivity contribution is -0.159. The van der Waals surface area contributed by atoms with E-state index in [2.05, 4.69) is 19.9 Å². The molecule has 1 unspecified atom stereocenters. The second-order valence-corrected chi connectivity index (χ2v) is 10.4. The topological polar surface area (TPSA) is 66.8 Å². The molecule has 0 aromatic rings. The fraction of sp³-hybridized carbons (Fsp3) is 0.833. The molecular formula is C24H41NO4. The second-order valence-electron chi connectivity index (χ2n) is 10.4. The number of esters is 1. The molecule has 2 aliphatic carbocycles. The van der Waals surface area contributed by atoms with Gasteiger partial charge in [-0.2, -0.15) is 0 Å². The predicted molar refractivity (Wildman–Crippen MR) is 115 cm³/mol. The van der Waals surface area contributed by atoms with Crippen LogP contribution in [0, 0.1) is 29.1 Å². The lowest BCUT2D eigenvalue weighted by Gasteiger charge is -2.53. The van der Waals surface area contributed by atoms with Gasteiger partial charge in [0.05, 0.1) is 5.60 Å². The summed E-state index contributed by atoms with van der Waals surface area (Å²) in [5.41, 5.74) is -0.239. The molecule has 5 heteroatoms. The van der Waals surface area contributed by atoms with E-state index >= 15 is 0 Å². The minimum atomic E-state index is -0.873. The molecule has 6 atom stereocenters. The maximum absolute atomic E-state index is 12.8. The van der Waals surface area contributed by atoms with Gasteiger partial charge in [0.2, 0.25) is 5.91 Å². The summed E-state index contributed by atoms with van der Waals surface area (Å²) in [6.07, 6.45) is 4.25. The van der Waals surface area contributed by atoms with E-state index < -0.39 is 11.0 Å². The normalized spacial score (nSPS) is 33.3. The number of hydrogen-bond donors (Lipinski definition) is 1. The summed E-state index contributed by atoms with van der Waals surface area (Å²) in [5, 5.41) is 11.7. The van der Waals surface area contributed by atoms with Gasteiger partial charge in [-0.05, 0) is 50.0 Å². The van der Waals surface area contributed by atoms with Gasteiger partial charge in [0.15, 0.2) is 0 Å². The molecule has 0 aromatic heterocycles. The van der Waals surface area contributed by atoms with Crippen molar-refractivity contribution >= 4 is 11.9 Å². The minimum absolute atomic E-state index is 0.0245. The first kappa shape index (κ1) is 23.9. The largest absolute Gasteiger partial charge is 0.458 e. The van der Waals surface area contributed by atoms with E-state index in [0.717, 1.165) is 18.4 Å². The van der Waals surface area contributed by atoms with Crippen molar-refractivity contribution in [1.29, 1.82) is 0 Å². The molecule has 0 radical (unpaired) electrons. The molecule has 1 fully saturated rings. The molecule has 1 N–H and O–H groups in total. The zero-order chi connectivity index (χ0) is 22.1. The lowest BCUT2D eigenvalue weighted by atomic mass is 9.57. The number of aliphatic hydroxyl groups is 1. The fourth-order valence-electron chi connectivity index (χ4n) is 5.31. The Morgan fingerprint density at radius 2 is 1.97 bits per heavy atom. The van der Waals surface area contributed by atoms with Crippen LogP contribution in [-0.2, 0) is 14.3 Å². The SMILES string of the molecule is CCN(CC(C)[C@@H]1CC[C@@H](C)[C@]2(O)C[C@@H](OC(C)=O)C(C)=C[C@H]12)C(=O)C(C)(C)C. The monoisotopic (exact) mass is 407 g/mol. The maximum atomic E-state index is 12.8. The summed E-state index contributed by atoms with van der Waals surface area (Å²) in [6, 6.07) is 0. The minimum Gasteiger partial charge on any atom is -0.458 e. The molecule has 2 aliphatic rings. The third kappa shape index (κ3) is 5.04. The highest BCUT2D eigenvalue weighted by atomic mass is 16.5. The first-order valence-corrected chi connectivity index (χ1v) is 11.2. The molecule has 0 heterocycles. The maximum Gasteiger partial charge on any atom is 0.303 e. The molecule has 0 aromatic carbocycles. The zero-order valence-corrected chi connectivity index (χ0v) is 19.6. The van der Waals surface area contributed by atoms with Crippen molar-refractivity contribution in [2.75, 3.05) is 13.1 Å². The molecule has 0 spiro atoms. The Morgan fingerprint density at radius 3 is 2.48 bits per heavy atom. The molecular weight excluding hydrogens is 366 g/mol. The van der Waals surface area contributed by atoms with E-state index in [9.17, 15) is 14.7 Å². The van der Waals surface area contributed by atoms with Crippen molar-refractivity contribution < 1.29 is 19.4 Å². The molecule has 2 rings (SSSR count). The Morgan fingerprint density at radius 1 is 1.34 bits per heavy atom. The summed E-state index contributed by atoms with van der Waals surface area (Å²) in [5.74, 6) is 0.619. The van der Waals surface area contributed by atoms with Gasteiger partial charge < -0.3 is 14.7 Å². The van der Waals surface area contributed by atoms with Gasteiger partial charge in [0, 0.05) is 37.8 Å². The van der Waals surface area contributed by atoms with Crippen LogP contribution in [0.4, 0.5) is 0 Å². The summed E-state index contributed by atoms with van der Waals surface area (Å²) < 4.78 is 5.49. The smallest absolute Gasteiger partial charge is 0.303 e. The second kappa shape index (κ2) is 8.79. The van der Waals surface area contributed by atoms with Crippen LogP contribution < -0.4 is 0 Å². The third-order valence-corrected chi connectivity index (χ3v) is 7.15. The molecule has 1 amide bonds. The Bertz CT molecular complexity index is 650. The quantitative estimate of drug-likeness (QED) is 0.548. The Hall–Kier alpha value is -1.36. The molecule has 1 saturated carbocycles. The van der Waals surface area contributed by atoms with Crippen molar-refractivity contribution in [3.63, 3.8) is 0 Å². The van der Waals surface area contributed by atoms with Crippen LogP contribution in [0.3, 0.4) is 0 Å². The first-order chi connectivity index (χ1) is 13.3. The van der Waals surface area contributed by atoms with Crippen LogP contribution in [-0.4, -0.2) is 46.7 Å². The Balaban J connectivity index is 2.26. The number of amides is 1. The highest BCUT2D eigenvalue weighted by Gasteiger charge is 2.52. The summed E-state index contributed by atoms with van der Waals surface area (Å²) in [6.45, 7) is 17.1. The van der Waals surface area contributed by atoms with Gasteiger partial charge >= 0.3 is 5.97 Å². The number of ether oxygens (including phenoxy) is 1. The van der Waals surface area contributed by atoms with Crippen LogP contribution in [0.2, 0.25) is 0 Å². The van der Waals surface area contributed by atoms with Crippen molar-refractivity contribution in [2.45, 2.75) is 86.4 Å². The average Bonchev–Trinajstić information content (AvgIpc) is 2.60. The van der Waals surface area contributed by atoms with Crippen LogP contribution in [0.25, 0.3) is 0 Å². The number of carbonyl (C=O) groups is 2. The van der Waals surface area contributed by atoms with Crippen molar-refractivity contribution in [3.8, 4) is 0 Å². The molecule has 0 aliphatic heterocycles. The van der Waals surface area contributed by atoms with Gasteiger partial charge in [-0.3, -0.25) is 9.59 Å². The van der Waals surface area contributed by atoms with E-state index in [0.29, 0.717) is 25.4 Å². The third-order valence-electron chi connectivity index (χ3n) is 7.15. The van der Waals surface area contributed by atoms with Crippen molar-refractivity contribution in [1.82, 2.24) is 4.90 Å². The number of nitrogens with zero attached hydrogens (tertiary/aromatic N) is 1. The van der Waals surface area contributed by atoms with Crippen LogP contribution in [0.1, 0.15) is 74.7 Å². The van der Waals surface area contributed by atoms with E-state index in [1.165, 1.54) is 6.92 Å². The number of carbonyl (C=O) groups excluding carboxylic acids is 2. The average molecular weight is 408 g/mol. The Labute approximate surface area is 176 Å². The van der Waals surface area contributed by atoms with Gasteiger partial charge in [0.25, 0.3) is 0 Å². The zero-order valence-electron chi connectivity index (χ0n) is 19.6. The molecule has 29 heavy (non-hydrogen) atoms. The van der Waals surface area contributed by atoms with Gasteiger partial charge in [-0.1, -0.05) is 40.7 Å². The fourth-order valence-corrected chi connectivity index (χ4v) is 5.31. The molecule has 0 bridgehead atoms. The molecule has 5 nitrogen and oxygen atoms in total. The van der Waals surface area contributed by atoms with Gasteiger partial charge in [0.1, 0.15) is 6.10 Å².